The highest BCUT2D eigenvalue weighted by Crippen LogP contribution is 2.30. The summed E-state index contributed by atoms with van der Waals surface area (Å²) in [5, 5.41) is 29.7. The molecule has 0 radical (unpaired) electrons. The molecule has 0 amide bonds. The topological polar surface area (TPSA) is 89.8 Å². The molecule has 9 heteroatoms. The molecule has 20 heavy (non-hydrogen) atoms. The quantitative estimate of drug-likeness (QED) is 0.471. The van der Waals surface area contributed by atoms with Crippen LogP contribution >= 0.6 is 0 Å². The molecule has 1 aromatic carbocycles. The van der Waals surface area contributed by atoms with Gasteiger partial charge in [-0.25, -0.2) is 22.4 Å². The van der Waals surface area contributed by atoms with E-state index in [2.05, 4.69) is 5.32 Å². The van der Waals surface area contributed by atoms with E-state index in [4.69, 9.17) is 5.11 Å². The average Bonchev–Trinajstić information content (AvgIpc) is 2.36. The predicted molar refractivity (Wildman–Crippen MR) is 58.1 cm³/mol. The molecule has 2 unspecified atom stereocenters. The molecule has 0 bridgehead atoms. The molecule has 2 atom stereocenters. The van der Waals surface area contributed by atoms with Crippen LogP contribution < -0.4 is 5.32 Å². The number of hydrogen-bond donors (Lipinski definition) is 4. The Morgan fingerprint density at radius 2 is 1.55 bits per heavy atom. The van der Waals surface area contributed by atoms with E-state index in [1.807, 2.05) is 0 Å². The number of hydrogen-bond acceptors (Lipinski definition) is 4. The molecule has 0 aromatic heterocycles. The van der Waals surface area contributed by atoms with Gasteiger partial charge in [0.1, 0.15) is 11.7 Å². The van der Waals surface area contributed by atoms with Crippen LogP contribution in [-0.2, 0) is 0 Å². The van der Waals surface area contributed by atoms with Crippen molar-refractivity contribution >= 4 is 5.97 Å². The Morgan fingerprint density at radius 1 is 1.10 bits per heavy atom. The van der Waals surface area contributed by atoms with Crippen LogP contribution in [0.2, 0.25) is 0 Å². The van der Waals surface area contributed by atoms with E-state index in [-0.39, 0.29) is 6.54 Å². The van der Waals surface area contributed by atoms with Crippen LogP contribution in [0.1, 0.15) is 22.0 Å². The number of aromatic carboxylic acids is 1. The van der Waals surface area contributed by atoms with Crippen molar-refractivity contribution in [2.24, 2.45) is 0 Å². The van der Waals surface area contributed by atoms with Crippen molar-refractivity contribution in [3.8, 4) is 0 Å². The molecule has 0 aliphatic carbocycles. The molecule has 0 fully saturated rings. The maximum Gasteiger partial charge on any atom is 0.341 e. The predicted octanol–water partition coefficient (Wildman–Crippen LogP) is 0.555. The van der Waals surface area contributed by atoms with Gasteiger partial charge in [-0.15, -0.1) is 0 Å². The Morgan fingerprint density at radius 3 is 1.90 bits per heavy atom. The first-order valence-electron chi connectivity index (χ1n) is 5.33. The number of benzene rings is 1. The van der Waals surface area contributed by atoms with E-state index in [0.29, 0.717) is 0 Å². The number of rotatable bonds is 5. The summed E-state index contributed by atoms with van der Waals surface area (Å²) in [4.78, 5) is 10.5. The second kappa shape index (κ2) is 6.16. The molecule has 5 nitrogen and oxygen atoms in total. The number of carboxylic acids is 1. The SMILES string of the molecule is CNCC(O)C(O)c1c(F)c(F)c(C(=O)O)c(F)c1F. The molecule has 0 heterocycles. The maximum absolute atomic E-state index is 13.6. The van der Waals surface area contributed by atoms with Crippen molar-refractivity contribution in [2.75, 3.05) is 13.6 Å². The fourth-order valence-corrected chi connectivity index (χ4v) is 1.61. The zero-order valence-electron chi connectivity index (χ0n) is 10.1. The molecule has 112 valence electrons. The standard InChI is InChI=1S/C11H11F4NO4/c1-16-2-3(17)10(18)4-6(12)8(14)5(11(19)20)9(15)7(4)13/h3,10,16-18H,2H2,1H3,(H,19,20). The number of halogens is 4. The second-order valence-electron chi connectivity index (χ2n) is 3.92. The summed E-state index contributed by atoms with van der Waals surface area (Å²) >= 11 is 0. The maximum atomic E-state index is 13.6. The average molecular weight is 297 g/mol. The Kier molecular flexibility index (Phi) is 5.03. The first-order chi connectivity index (χ1) is 9.23. The Balaban J connectivity index is 3.47. The van der Waals surface area contributed by atoms with Gasteiger partial charge in [0.15, 0.2) is 23.3 Å². The highest BCUT2D eigenvalue weighted by molar-refractivity contribution is 5.88. The Labute approximate surface area is 110 Å². The molecular formula is C11H11F4NO4. The van der Waals surface area contributed by atoms with E-state index < -0.39 is 52.6 Å². The lowest BCUT2D eigenvalue weighted by Crippen LogP contribution is -2.31. The van der Waals surface area contributed by atoms with E-state index in [9.17, 15) is 32.6 Å². The summed E-state index contributed by atoms with van der Waals surface area (Å²) in [6, 6.07) is 0. The third-order valence-corrected chi connectivity index (χ3v) is 2.58. The molecule has 0 aliphatic heterocycles. The number of nitrogens with one attached hydrogen (secondary N) is 1. The second-order valence-corrected chi connectivity index (χ2v) is 3.92. The fraction of sp³-hybridized carbons (Fsp3) is 0.364. The van der Waals surface area contributed by atoms with Crippen molar-refractivity contribution in [1.29, 1.82) is 0 Å². The highest BCUT2D eigenvalue weighted by Gasteiger charge is 2.34. The lowest BCUT2D eigenvalue weighted by atomic mass is 9.99. The van der Waals surface area contributed by atoms with Crippen LogP contribution in [0.4, 0.5) is 17.6 Å². The summed E-state index contributed by atoms with van der Waals surface area (Å²) in [6.07, 6.45) is -4.02. The zero-order chi connectivity index (χ0) is 15.6. The Hall–Kier alpha value is -1.71. The molecule has 1 rings (SSSR count). The van der Waals surface area contributed by atoms with Gasteiger partial charge in [0.05, 0.1) is 11.7 Å². The molecule has 0 saturated carbocycles. The number of likely N-dealkylation sites (N-methyl/N-ethyl adjacent to an activating group) is 1. The summed E-state index contributed by atoms with van der Waals surface area (Å²) in [7, 11) is 1.36. The monoisotopic (exact) mass is 297 g/mol. The number of carboxylic acid groups (broad SMARTS) is 1. The van der Waals surface area contributed by atoms with Gasteiger partial charge in [-0.3, -0.25) is 0 Å². The van der Waals surface area contributed by atoms with Gasteiger partial charge in [0.25, 0.3) is 0 Å². The highest BCUT2D eigenvalue weighted by atomic mass is 19.2. The van der Waals surface area contributed by atoms with Crippen LogP contribution in [0, 0.1) is 23.3 Å². The van der Waals surface area contributed by atoms with E-state index in [0.717, 1.165) is 0 Å². The van der Waals surface area contributed by atoms with Crippen LogP contribution in [0.25, 0.3) is 0 Å². The minimum absolute atomic E-state index is 0.316. The fourth-order valence-electron chi connectivity index (χ4n) is 1.61. The zero-order valence-corrected chi connectivity index (χ0v) is 10.1. The Bertz CT molecular complexity index is 509. The van der Waals surface area contributed by atoms with Gasteiger partial charge in [0.2, 0.25) is 0 Å². The number of aliphatic hydroxyl groups excluding tert-OH is 2. The largest absolute Gasteiger partial charge is 0.477 e. The smallest absolute Gasteiger partial charge is 0.341 e. The van der Waals surface area contributed by atoms with Gasteiger partial charge in [0, 0.05) is 6.54 Å². The van der Waals surface area contributed by atoms with Crippen molar-refractivity contribution in [3.05, 3.63) is 34.4 Å². The molecule has 1 aromatic rings. The van der Waals surface area contributed by atoms with Crippen LogP contribution in [0.15, 0.2) is 0 Å². The first-order valence-corrected chi connectivity index (χ1v) is 5.33. The first kappa shape index (κ1) is 16.3. The molecule has 0 aliphatic rings. The summed E-state index contributed by atoms with van der Waals surface area (Å²) < 4.78 is 53.9. The van der Waals surface area contributed by atoms with Crippen molar-refractivity contribution in [2.45, 2.75) is 12.2 Å². The van der Waals surface area contributed by atoms with Crippen LogP contribution in [-0.4, -0.2) is 41.0 Å². The lowest BCUT2D eigenvalue weighted by molar-refractivity contribution is 0.0149. The van der Waals surface area contributed by atoms with E-state index in [1.165, 1.54) is 7.05 Å². The summed E-state index contributed by atoms with van der Waals surface area (Å²) in [6.45, 7) is -0.316. The van der Waals surface area contributed by atoms with Crippen molar-refractivity contribution < 1.29 is 37.7 Å². The third-order valence-electron chi connectivity index (χ3n) is 2.58. The summed E-state index contributed by atoms with van der Waals surface area (Å²) in [5.74, 6) is -10.6. The van der Waals surface area contributed by atoms with Gasteiger partial charge in [-0.05, 0) is 7.05 Å². The van der Waals surface area contributed by atoms with Crippen LogP contribution in [0.5, 0.6) is 0 Å². The van der Waals surface area contributed by atoms with E-state index >= 15 is 0 Å². The number of aliphatic hydroxyl groups is 2. The molecule has 0 saturated heterocycles. The number of carbonyl (C=O) groups is 1. The third kappa shape index (κ3) is 2.74. The minimum Gasteiger partial charge on any atom is -0.477 e. The molecule has 0 spiro atoms. The van der Waals surface area contributed by atoms with Gasteiger partial charge in [-0.1, -0.05) is 0 Å². The normalized spacial score (nSPS) is 14.2. The summed E-state index contributed by atoms with van der Waals surface area (Å²) in [5.41, 5.74) is -3.27. The van der Waals surface area contributed by atoms with Gasteiger partial charge in [-0.2, -0.15) is 0 Å². The minimum atomic E-state index is -2.27. The van der Waals surface area contributed by atoms with Crippen LogP contribution in [0.3, 0.4) is 0 Å². The van der Waals surface area contributed by atoms with Gasteiger partial charge >= 0.3 is 5.97 Å². The molecule has 4 N–H and O–H groups in total. The van der Waals surface area contributed by atoms with Crippen molar-refractivity contribution in [1.82, 2.24) is 5.32 Å². The molecular weight excluding hydrogens is 286 g/mol. The van der Waals surface area contributed by atoms with Gasteiger partial charge < -0.3 is 20.6 Å². The lowest BCUT2D eigenvalue weighted by Gasteiger charge is -2.20. The van der Waals surface area contributed by atoms with E-state index in [1.54, 1.807) is 0 Å². The van der Waals surface area contributed by atoms with Crippen molar-refractivity contribution in [3.63, 3.8) is 0 Å².